The van der Waals surface area contributed by atoms with Crippen LogP contribution in [0.3, 0.4) is 0 Å². The number of aryl methyl sites for hydroxylation is 2. The van der Waals surface area contributed by atoms with Crippen molar-refractivity contribution in [2.75, 3.05) is 19.6 Å². The summed E-state index contributed by atoms with van der Waals surface area (Å²) in [6.07, 6.45) is 0. The first-order valence-corrected chi connectivity index (χ1v) is 33.3. The number of benzene rings is 13. The minimum Gasteiger partial charge on any atom is -0.310 e. The second kappa shape index (κ2) is 25.4. The van der Waals surface area contributed by atoms with E-state index >= 15 is 0 Å². The number of para-hydroxylation sites is 8. The van der Waals surface area contributed by atoms with E-state index in [0.29, 0.717) is 0 Å². The van der Waals surface area contributed by atoms with Crippen LogP contribution in [-0.2, 0) is 0 Å². The van der Waals surface area contributed by atoms with Gasteiger partial charge in [0.15, 0.2) is 0 Å². The first-order chi connectivity index (χ1) is 48.5. The maximum absolute atomic E-state index is 6.17. The molecule has 98 heavy (non-hydrogen) atoms. The van der Waals surface area contributed by atoms with Crippen LogP contribution in [0.1, 0.15) is 11.4 Å². The molecule has 0 aliphatic rings. The van der Waals surface area contributed by atoms with Crippen LogP contribution in [0, 0.1) is 13.8 Å². The molecule has 13 aromatic carbocycles. The van der Waals surface area contributed by atoms with Gasteiger partial charge in [-0.05, 0) is 200 Å². The van der Waals surface area contributed by atoms with Crippen molar-refractivity contribution in [2.24, 2.45) is 0 Å². The highest BCUT2D eigenvalue weighted by Crippen LogP contribution is 2.52. The van der Waals surface area contributed by atoms with Gasteiger partial charge in [-0.25, -0.2) is 4.98 Å². The zero-order valence-electron chi connectivity index (χ0n) is 54.2. The average Bonchev–Trinajstić information content (AvgIpc) is 1.55. The Morgan fingerprint density at radius 2 is 0.490 bits per heavy atom. The molecule has 8 heteroatoms. The molecule has 0 N–H and O–H groups in total. The first kappa shape index (κ1) is 58.8. The van der Waals surface area contributed by atoms with E-state index in [1.54, 1.807) is 0 Å². The Kier molecular flexibility index (Phi) is 15.2. The topological polar surface area (TPSA) is 48.6 Å². The third-order valence-corrected chi connectivity index (χ3v) is 18.6. The normalized spacial score (nSPS) is 11.4. The van der Waals surface area contributed by atoms with E-state index < -0.39 is 0 Å². The standard InChI is InChI=1S/C90H66N8/c1-63-58-59-76(64(2)91-63)66-33-27-32-65(60-66)67-61-85(97-81-54-28-50-77(93(68-34-11-3-12-35-68)69-36-13-4-14-37-69)87(81)88-78(51-29-55-82(88)97)94(70-38-15-5-16-39-70)71-40-17-6-18-41-71)92-86(62-67)98-83-56-30-52-79(95(72-42-19-7-20-43-72)73-44-21-8-22-45-73)89(83)90-80(53-31-57-84(90)98)96(74-46-23-9-24-47-74)75-48-25-10-26-49-75/h3-62H,1-2H3. The highest BCUT2D eigenvalue weighted by atomic mass is 15.2. The van der Waals surface area contributed by atoms with Crippen LogP contribution in [-0.4, -0.2) is 19.1 Å². The fraction of sp³-hybridized carbons (Fsp3) is 0.0222. The summed E-state index contributed by atoms with van der Waals surface area (Å²) in [5.41, 5.74) is 22.5. The molecule has 0 radical (unpaired) electrons. The number of hydrogen-bond acceptors (Lipinski definition) is 6. The molecule has 8 nitrogen and oxygen atoms in total. The number of aromatic nitrogens is 4. The molecule has 4 heterocycles. The lowest BCUT2D eigenvalue weighted by Crippen LogP contribution is -2.11. The molecule has 466 valence electrons. The number of nitrogens with zero attached hydrogens (tertiary/aromatic N) is 8. The lowest BCUT2D eigenvalue weighted by atomic mass is 9.98. The van der Waals surface area contributed by atoms with Gasteiger partial charge in [0.25, 0.3) is 0 Å². The second-order valence-electron chi connectivity index (χ2n) is 24.6. The Morgan fingerprint density at radius 1 is 0.224 bits per heavy atom. The number of fused-ring (bicyclic) bond motifs is 6. The molecule has 0 saturated heterocycles. The van der Waals surface area contributed by atoms with E-state index in [1.807, 2.05) is 0 Å². The molecule has 0 saturated carbocycles. The van der Waals surface area contributed by atoms with Crippen molar-refractivity contribution < 1.29 is 0 Å². The maximum atomic E-state index is 6.17. The summed E-state index contributed by atoms with van der Waals surface area (Å²) < 4.78 is 4.82. The molecule has 17 aromatic rings. The lowest BCUT2D eigenvalue weighted by molar-refractivity contribution is 1.01. The van der Waals surface area contributed by atoms with E-state index in [1.165, 1.54) is 0 Å². The van der Waals surface area contributed by atoms with Gasteiger partial charge in [0.2, 0.25) is 0 Å². The quantitative estimate of drug-likeness (QED) is 0.0961. The summed E-state index contributed by atoms with van der Waals surface area (Å²) >= 11 is 0. The monoisotopic (exact) mass is 1260 g/mol. The molecule has 0 aliphatic carbocycles. The smallest absolute Gasteiger partial charge is 0.140 e. The summed E-state index contributed by atoms with van der Waals surface area (Å²) in [4.78, 5) is 20.7. The summed E-state index contributed by atoms with van der Waals surface area (Å²) in [6, 6.07) is 131. The third-order valence-electron chi connectivity index (χ3n) is 18.6. The van der Waals surface area contributed by atoms with Crippen LogP contribution < -0.4 is 19.6 Å². The summed E-state index contributed by atoms with van der Waals surface area (Å²) in [7, 11) is 0. The molecule has 0 fully saturated rings. The Balaban J connectivity index is 1.02. The minimum absolute atomic E-state index is 0.745. The van der Waals surface area contributed by atoms with Gasteiger partial charge in [-0.1, -0.05) is 194 Å². The van der Waals surface area contributed by atoms with E-state index in [2.05, 4.69) is 407 Å². The SMILES string of the molecule is Cc1ccc(-c2cccc(-c3cc(-n4c5cccc(N(c6ccccc6)c6ccccc6)c5c5c(N(c6ccccc6)c6ccccc6)cccc54)nc(-n4c5cccc(N(c6ccccc6)c6ccccc6)c5c5c(N(c6ccccc6)c6ccccc6)cccc54)c3)c2)c(C)n1. The predicted octanol–water partition coefficient (Wildman–Crippen LogP) is 24.5. The molecule has 0 atom stereocenters. The van der Waals surface area contributed by atoms with Crippen molar-refractivity contribution in [3.63, 3.8) is 0 Å². The van der Waals surface area contributed by atoms with Crippen LogP contribution in [0.5, 0.6) is 0 Å². The molecular formula is C90H66N8. The van der Waals surface area contributed by atoms with Gasteiger partial charge in [0, 0.05) is 84.0 Å². The van der Waals surface area contributed by atoms with Gasteiger partial charge < -0.3 is 19.6 Å². The summed E-state index contributed by atoms with van der Waals surface area (Å²) in [5, 5.41) is 4.26. The Bertz CT molecular complexity index is 4960. The van der Waals surface area contributed by atoms with E-state index in [4.69, 9.17) is 9.97 Å². The first-order valence-electron chi connectivity index (χ1n) is 33.3. The highest BCUT2D eigenvalue weighted by molar-refractivity contribution is 6.23. The van der Waals surface area contributed by atoms with Crippen LogP contribution >= 0.6 is 0 Å². The molecule has 0 spiro atoms. The Morgan fingerprint density at radius 3 is 0.765 bits per heavy atom. The van der Waals surface area contributed by atoms with Gasteiger partial charge in [-0.2, -0.15) is 0 Å². The van der Waals surface area contributed by atoms with E-state index in [0.717, 1.165) is 157 Å². The molecule has 0 unspecified atom stereocenters. The summed E-state index contributed by atoms with van der Waals surface area (Å²) in [5.74, 6) is 1.49. The van der Waals surface area contributed by atoms with Gasteiger partial charge in [0.05, 0.1) is 44.8 Å². The largest absolute Gasteiger partial charge is 0.310 e. The van der Waals surface area contributed by atoms with Crippen molar-refractivity contribution >= 4 is 112 Å². The molecular weight excluding hydrogens is 1190 g/mol. The number of hydrogen-bond donors (Lipinski definition) is 0. The zero-order chi connectivity index (χ0) is 65.5. The molecule has 0 bridgehead atoms. The van der Waals surface area contributed by atoms with Crippen molar-refractivity contribution in [1.82, 2.24) is 19.1 Å². The molecule has 4 aromatic heterocycles. The van der Waals surface area contributed by atoms with Crippen LogP contribution in [0.2, 0.25) is 0 Å². The number of anilines is 12. The molecule has 0 aliphatic heterocycles. The van der Waals surface area contributed by atoms with Crippen molar-refractivity contribution in [2.45, 2.75) is 13.8 Å². The second-order valence-corrected chi connectivity index (χ2v) is 24.6. The van der Waals surface area contributed by atoms with Crippen molar-refractivity contribution in [1.29, 1.82) is 0 Å². The van der Waals surface area contributed by atoms with Gasteiger partial charge >= 0.3 is 0 Å². The van der Waals surface area contributed by atoms with Gasteiger partial charge in [-0.15, -0.1) is 0 Å². The Labute approximate surface area is 570 Å². The Hall–Kier alpha value is -13.0. The molecule has 0 amide bonds. The van der Waals surface area contributed by atoms with Crippen molar-refractivity contribution in [3.8, 4) is 33.9 Å². The van der Waals surface area contributed by atoms with E-state index in [-0.39, 0.29) is 0 Å². The van der Waals surface area contributed by atoms with Gasteiger partial charge in [-0.3, -0.25) is 14.1 Å². The third kappa shape index (κ3) is 10.5. The number of rotatable bonds is 16. The fourth-order valence-electron chi connectivity index (χ4n) is 14.5. The fourth-order valence-corrected chi connectivity index (χ4v) is 14.5. The zero-order valence-corrected chi connectivity index (χ0v) is 54.2. The maximum Gasteiger partial charge on any atom is 0.140 e. The lowest BCUT2D eigenvalue weighted by Gasteiger charge is -2.28. The number of pyridine rings is 2. The van der Waals surface area contributed by atoms with E-state index in [9.17, 15) is 0 Å². The van der Waals surface area contributed by atoms with Crippen molar-refractivity contribution in [3.05, 3.63) is 375 Å². The van der Waals surface area contributed by atoms with Crippen LogP contribution in [0.15, 0.2) is 364 Å². The van der Waals surface area contributed by atoms with Gasteiger partial charge in [0.1, 0.15) is 11.6 Å². The summed E-state index contributed by atoms with van der Waals surface area (Å²) in [6.45, 7) is 4.16. The van der Waals surface area contributed by atoms with Crippen LogP contribution in [0.4, 0.5) is 68.2 Å². The van der Waals surface area contributed by atoms with Crippen LogP contribution in [0.25, 0.3) is 77.5 Å². The minimum atomic E-state index is 0.745. The average molecular weight is 1260 g/mol. The predicted molar refractivity (Wildman–Crippen MR) is 410 cm³/mol. The molecule has 17 rings (SSSR count). The highest BCUT2D eigenvalue weighted by Gasteiger charge is 2.30.